The molecule has 1 amide bonds. The van der Waals surface area contributed by atoms with Crippen LogP contribution in [0.3, 0.4) is 0 Å². The van der Waals surface area contributed by atoms with Crippen LogP contribution in [0.1, 0.15) is 24.8 Å². The molecule has 2 atom stereocenters. The second-order valence-corrected chi connectivity index (χ2v) is 9.18. The first kappa shape index (κ1) is 15.1. The van der Waals surface area contributed by atoms with Gasteiger partial charge in [-0.05, 0) is 24.8 Å². The van der Waals surface area contributed by atoms with Crippen LogP contribution in [0.5, 0.6) is 0 Å². The molecule has 1 aromatic carbocycles. The van der Waals surface area contributed by atoms with Gasteiger partial charge < -0.3 is 9.64 Å². The maximum atomic E-state index is 13.4. The number of sulfone groups is 1. The summed E-state index contributed by atoms with van der Waals surface area (Å²) in [6, 6.07) is 9.75. The Morgan fingerprint density at radius 2 is 1.87 bits per heavy atom. The van der Waals surface area contributed by atoms with Gasteiger partial charge in [-0.2, -0.15) is 0 Å². The number of amides is 1. The van der Waals surface area contributed by atoms with Crippen LogP contribution in [0.15, 0.2) is 30.3 Å². The van der Waals surface area contributed by atoms with Crippen LogP contribution in [0, 0.1) is 0 Å². The quantitative estimate of drug-likeness (QED) is 0.813. The van der Waals surface area contributed by atoms with Crippen molar-refractivity contribution >= 4 is 15.7 Å². The van der Waals surface area contributed by atoms with E-state index in [0.29, 0.717) is 39.0 Å². The van der Waals surface area contributed by atoms with E-state index >= 15 is 0 Å². The molecule has 3 aliphatic rings. The molecule has 3 heterocycles. The Bertz CT molecular complexity index is 709. The average Bonchev–Trinajstić information content (AvgIpc) is 3.11. The topological polar surface area (TPSA) is 63.7 Å². The van der Waals surface area contributed by atoms with Crippen LogP contribution in [0.25, 0.3) is 0 Å². The van der Waals surface area contributed by atoms with Crippen molar-refractivity contribution in [3.63, 3.8) is 0 Å². The van der Waals surface area contributed by atoms with Crippen LogP contribution in [0.4, 0.5) is 0 Å². The molecule has 0 saturated carbocycles. The Morgan fingerprint density at radius 3 is 2.43 bits per heavy atom. The van der Waals surface area contributed by atoms with E-state index in [0.717, 1.165) is 5.56 Å². The minimum Gasteiger partial charge on any atom is -0.381 e. The molecule has 3 saturated heterocycles. The zero-order valence-corrected chi connectivity index (χ0v) is 13.8. The van der Waals surface area contributed by atoms with Crippen LogP contribution >= 0.6 is 0 Å². The lowest BCUT2D eigenvalue weighted by molar-refractivity contribution is -0.142. The Hall–Kier alpha value is -1.40. The Balaban J connectivity index is 1.67. The van der Waals surface area contributed by atoms with Crippen molar-refractivity contribution in [2.75, 3.05) is 25.5 Å². The van der Waals surface area contributed by atoms with E-state index < -0.39 is 15.3 Å². The van der Waals surface area contributed by atoms with E-state index in [1.165, 1.54) is 0 Å². The summed E-state index contributed by atoms with van der Waals surface area (Å²) in [5, 5.41) is -0.357. The number of benzene rings is 1. The van der Waals surface area contributed by atoms with E-state index in [1.807, 2.05) is 35.2 Å². The van der Waals surface area contributed by atoms with Crippen molar-refractivity contribution in [1.29, 1.82) is 0 Å². The van der Waals surface area contributed by atoms with Gasteiger partial charge in [-0.1, -0.05) is 30.3 Å². The smallest absolute Gasteiger partial charge is 0.233 e. The minimum atomic E-state index is -2.99. The largest absolute Gasteiger partial charge is 0.381 e. The molecule has 0 radical (unpaired) electrons. The van der Waals surface area contributed by atoms with Crippen LogP contribution in [-0.4, -0.2) is 56.0 Å². The number of rotatable bonds is 2. The van der Waals surface area contributed by atoms with E-state index in [-0.39, 0.29) is 23.0 Å². The van der Waals surface area contributed by atoms with E-state index in [1.54, 1.807) is 0 Å². The summed E-state index contributed by atoms with van der Waals surface area (Å²) in [6.07, 6.45) is 1.93. The van der Waals surface area contributed by atoms with E-state index in [9.17, 15) is 13.2 Å². The van der Waals surface area contributed by atoms with Crippen molar-refractivity contribution in [3.8, 4) is 0 Å². The van der Waals surface area contributed by atoms with Gasteiger partial charge in [0.1, 0.15) is 0 Å². The summed E-state index contributed by atoms with van der Waals surface area (Å²) in [5.41, 5.74) is 0.465. The molecule has 0 N–H and O–H groups in total. The second-order valence-electron chi connectivity index (χ2n) is 6.86. The molecule has 0 aliphatic carbocycles. The third-order valence-electron chi connectivity index (χ3n) is 5.65. The molecule has 0 aromatic heterocycles. The molecule has 23 heavy (non-hydrogen) atoms. The fourth-order valence-electron chi connectivity index (χ4n) is 4.32. The molecule has 1 aromatic rings. The number of hydrogen-bond acceptors (Lipinski definition) is 4. The van der Waals surface area contributed by atoms with Gasteiger partial charge in [0.2, 0.25) is 5.91 Å². The van der Waals surface area contributed by atoms with Gasteiger partial charge in [0.05, 0.1) is 16.4 Å². The predicted octanol–water partition coefficient (Wildman–Crippen LogP) is 1.13. The normalized spacial score (nSPS) is 31.2. The number of carbonyl (C=O) groups is 1. The summed E-state index contributed by atoms with van der Waals surface area (Å²) in [4.78, 5) is 15.2. The Kier molecular flexibility index (Phi) is 3.50. The highest BCUT2D eigenvalue weighted by atomic mass is 32.2. The standard InChI is InChI=1S/C17H21NO4S/c19-16(18-11-15-10-14(18)12-23(15,20)21)17(6-8-22-9-7-17)13-4-2-1-3-5-13/h1-5,14-15H,6-12H2. The van der Waals surface area contributed by atoms with Gasteiger partial charge >= 0.3 is 0 Å². The Labute approximate surface area is 136 Å². The van der Waals surface area contributed by atoms with Crippen molar-refractivity contribution in [3.05, 3.63) is 35.9 Å². The Morgan fingerprint density at radius 1 is 1.17 bits per heavy atom. The summed E-state index contributed by atoms with van der Waals surface area (Å²) in [5.74, 6) is 0.222. The molecule has 2 unspecified atom stereocenters. The van der Waals surface area contributed by atoms with Crippen molar-refractivity contribution in [2.45, 2.75) is 36.0 Å². The molecule has 6 heteroatoms. The van der Waals surface area contributed by atoms with Gasteiger partial charge in [-0.25, -0.2) is 8.42 Å². The number of ether oxygens (including phenoxy) is 1. The van der Waals surface area contributed by atoms with E-state index in [2.05, 4.69) is 0 Å². The third-order valence-corrected chi connectivity index (χ3v) is 7.86. The molecule has 124 valence electrons. The number of carbonyl (C=O) groups excluding carboxylic acids is 1. The molecule has 3 fully saturated rings. The first-order chi connectivity index (χ1) is 11.0. The molecule has 4 rings (SSSR count). The summed E-state index contributed by atoms with van der Waals surface area (Å²) in [7, 11) is -2.99. The lowest BCUT2D eigenvalue weighted by atomic mass is 9.73. The fraction of sp³-hybridized carbons (Fsp3) is 0.588. The van der Waals surface area contributed by atoms with Gasteiger partial charge in [-0.15, -0.1) is 0 Å². The molecule has 5 nitrogen and oxygen atoms in total. The van der Waals surface area contributed by atoms with Crippen LogP contribution in [0.2, 0.25) is 0 Å². The number of nitrogens with zero attached hydrogens (tertiary/aromatic N) is 1. The lowest BCUT2D eigenvalue weighted by Crippen LogP contribution is -2.54. The van der Waals surface area contributed by atoms with Crippen LogP contribution < -0.4 is 0 Å². The molecule has 2 bridgehead atoms. The SMILES string of the molecule is O=C(N1CC2CC1CS2(=O)=O)C1(c2ccccc2)CCOCC1. The number of likely N-dealkylation sites (tertiary alicyclic amines) is 1. The van der Waals surface area contributed by atoms with Gasteiger partial charge in [0.25, 0.3) is 0 Å². The molecular weight excluding hydrogens is 314 g/mol. The first-order valence-electron chi connectivity index (χ1n) is 8.19. The van der Waals surface area contributed by atoms with E-state index in [4.69, 9.17) is 4.74 Å². The zero-order valence-electron chi connectivity index (χ0n) is 13.0. The number of fused-ring (bicyclic) bond motifs is 2. The van der Waals surface area contributed by atoms with Crippen molar-refractivity contribution in [1.82, 2.24) is 4.90 Å². The first-order valence-corrected chi connectivity index (χ1v) is 9.90. The highest BCUT2D eigenvalue weighted by Crippen LogP contribution is 2.41. The third kappa shape index (κ3) is 2.31. The van der Waals surface area contributed by atoms with Crippen molar-refractivity contribution in [2.24, 2.45) is 0 Å². The number of hydrogen-bond donors (Lipinski definition) is 0. The average molecular weight is 335 g/mol. The summed E-state index contributed by atoms with van der Waals surface area (Å²) >= 11 is 0. The maximum absolute atomic E-state index is 13.4. The molecule has 3 aliphatic heterocycles. The highest BCUT2D eigenvalue weighted by Gasteiger charge is 2.54. The summed E-state index contributed by atoms with van der Waals surface area (Å²) in [6.45, 7) is 1.50. The van der Waals surface area contributed by atoms with Crippen molar-refractivity contribution < 1.29 is 17.9 Å². The monoisotopic (exact) mass is 335 g/mol. The molecular formula is C17H21NO4S. The van der Waals surface area contributed by atoms with Crippen LogP contribution in [-0.2, 0) is 24.8 Å². The second kappa shape index (κ2) is 5.31. The van der Waals surface area contributed by atoms with Gasteiger partial charge in [0, 0.05) is 25.8 Å². The predicted molar refractivity (Wildman–Crippen MR) is 85.9 cm³/mol. The maximum Gasteiger partial charge on any atom is 0.233 e. The van der Waals surface area contributed by atoms with Gasteiger partial charge in [-0.3, -0.25) is 4.79 Å². The molecule has 0 spiro atoms. The fourth-order valence-corrected chi connectivity index (χ4v) is 6.35. The highest BCUT2D eigenvalue weighted by molar-refractivity contribution is 7.92. The summed E-state index contributed by atoms with van der Waals surface area (Å²) < 4.78 is 29.4. The van der Waals surface area contributed by atoms with Gasteiger partial charge in [0.15, 0.2) is 9.84 Å². The lowest BCUT2D eigenvalue weighted by Gasteiger charge is -2.41. The zero-order chi connectivity index (χ0) is 16.1. The minimum absolute atomic E-state index is 0.0920.